The summed E-state index contributed by atoms with van der Waals surface area (Å²) >= 11 is 1.26. The Morgan fingerprint density at radius 1 is 1.55 bits per heavy atom. The van der Waals surface area contributed by atoms with Gasteiger partial charge in [-0.25, -0.2) is 0 Å². The van der Waals surface area contributed by atoms with Gasteiger partial charge in [-0.05, 0) is 19.1 Å². The molecule has 7 heteroatoms. The van der Waals surface area contributed by atoms with Gasteiger partial charge in [0.2, 0.25) is 5.91 Å². The maximum atomic E-state index is 12.0. The summed E-state index contributed by atoms with van der Waals surface area (Å²) in [4.78, 5) is 12.0. The largest absolute Gasteiger partial charge is 0.497 e. The van der Waals surface area contributed by atoms with Crippen LogP contribution in [0.25, 0.3) is 0 Å². The molecule has 6 nitrogen and oxygen atoms in total. The molecule has 0 aliphatic carbocycles. The van der Waals surface area contributed by atoms with E-state index in [0.717, 1.165) is 0 Å². The van der Waals surface area contributed by atoms with E-state index >= 15 is 0 Å². The van der Waals surface area contributed by atoms with Crippen LogP contribution in [0.4, 0.5) is 11.4 Å². The van der Waals surface area contributed by atoms with Crippen LogP contribution in [0.15, 0.2) is 18.2 Å². The highest BCUT2D eigenvalue weighted by atomic mass is 32.2. The molecular formula is C13H20N2O4S. The number of nitrogens with two attached hydrogens (primary N) is 1. The van der Waals surface area contributed by atoms with E-state index in [2.05, 4.69) is 5.32 Å². The zero-order valence-electron chi connectivity index (χ0n) is 11.5. The molecule has 0 spiro atoms. The van der Waals surface area contributed by atoms with Crippen LogP contribution in [0.5, 0.6) is 5.75 Å². The number of anilines is 2. The average molecular weight is 300 g/mol. The van der Waals surface area contributed by atoms with Gasteiger partial charge in [-0.1, -0.05) is 0 Å². The predicted molar refractivity (Wildman–Crippen MR) is 81.0 cm³/mol. The fourth-order valence-corrected chi connectivity index (χ4v) is 2.23. The third-order valence-electron chi connectivity index (χ3n) is 2.64. The molecule has 0 radical (unpaired) electrons. The van der Waals surface area contributed by atoms with Crippen molar-refractivity contribution in [2.24, 2.45) is 0 Å². The van der Waals surface area contributed by atoms with Crippen LogP contribution in [0.1, 0.15) is 6.92 Å². The van der Waals surface area contributed by atoms with Crippen LogP contribution in [-0.2, 0) is 4.79 Å². The van der Waals surface area contributed by atoms with Crippen molar-refractivity contribution in [2.45, 2.75) is 18.3 Å². The lowest BCUT2D eigenvalue weighted by molar-refractivity contribution is -0.115. The summed E-state index contributed by atoms with van der Waals surface area (Å²) in [5, 5.41) is 20.3. The number of ether oxygens (including phenoxy) is 1. The van der Waals surface area contributed by atoms with Crippen molar-refractivity contribution in [1.82, 2.24) is 0 Å². The highest BCUT2D eigenvalue weighted by molar-refractivity contribution is 8.00. The number of methoxy groups -OCH3 is 1. The first-order valence-corrected chi connectivity index (χ1v) is 7.17. The van der Waals surface area contributed by atoms with Gasteiger partial charge < -0.3 is 26.0 Å². The Hall–Kier alpha value is -1.44. The number of amides is 1. The van der Waals surface area contributed by atoms with Crippen molar-refractivity contribution in [3.8, 4) is 5.75 Å². The summed E-state index contributed by atoms with van der Waals surface area (Å²) in [6, 6.07) is 5.01. The molecule has 112 valence electrons. The van der Waals surface area contributed by atoms with E-state index in [1.54, 1.807) is 25.1 Å². The zero-order chi connectivity index (χ0) is 15.1. The smallest absolute Gasteiger partial charge is 0.237 e. The second kappa shape index (κ2) is 7.98. The van der Waals surface area contributed by atoms with Crippen LogP contribution < -0.4 is 15.8 Å². The van der Waals surface area contributed by atoms with Gasteiger partial charge in [-0.15, -0.1) is 11.8 Å². The minimum absolute atomic E-state index is 0.211. The third-order valence-corrected chi connectivity index (χ3v) is 3.93. The van der Waals surface area contributed by atoms with Crippen molar-refractivity contribution in [3.05, 3.63) is 18.2 Å². The first-order chi connectivity index (χ1) is 9.47. The van der Waals surface area contributed by atoms with Crippen LogP contribution in [0.2, 0.25) is 0 Å². The molecule has 0 aromatic heterocycles. The number of benzene rings is 1. The maximum Gasteiger partial charge on any atom is 0.237 e. The lowest BCUT2D eigenvalue weighted by Crippen LogP contribution is -2.25. The maximum absolute atomic E-state index is 12.0. The Kier molecular flexibility index (Phi) is 6.63. The number of carbonyl (C=O) groups excluding carboxylic acids is 1. The monoisotopic (exact) mass is 300 g/mol. The van der Waals surface area contributed by atoms with Gasteiger partial charge in [0.15, 0.2) is 0 Å². The lowest BCUT2D eigenvalue weighted by atomic mass is 10.2. The SMILES string of the molecule is COc1ccc(NC(=O)C(C)SCC(O)CO)c(N)c1. The van der Waals surface area contributed by atoms with Gasteiger partial charge in [0.1, 0.15) is 5.75 Å². The number of nitrogen functional groups attached to an aromatic ring is 1. The molecule has 0 aliphatic rings. The van der Waals surface area contributed by atoms with Gasteiger partial charge in [-0.2, -0.15) is 0 Å². The standard InChI is InChI=1S/C13H20N2O4S/c1-8(20-7-9(17)6-16)13(18)15-12-4-3-10(19-2)5-11(12)14/h3-5,8-9,16-17H,6-7,14H2,1-2H3,(H,15,18). The minimum atomic E-state index is -0.818. The van der Waals surface area contributed by atoms with E-state index in [0.29, 0.717) is 22.9 Å². The molecule has 2 atom stereocenters. The van der Waals surface area contributed by atoms with E-state index in [1.165, 1.54) is 18.9 Å². The number of rotatable bonds is 7. The van der Waals surface area contributed by atoms with Crippen LogP contribution in [0.3, 0.4) is 0 Å². The molecular weight excluding hydrogens is 280 g/mol. The molecule has 5 N–H and O–H groups in total. The van der Waals surface area contributed by atoms with Crippen LogP contribution >= 0.6 is 11.8 Å². The Balaban J connectivity index is 2.57. The van der Waals surface area contributed by atoms with Gasteiger partial charge in [-0.3, -0.25) is 4.79 Å². The topological polar surface area (TPSA) is 105 Å². The van der Waals surface area contributed by atoms with Crippen molar-refractivity contribution in [2.75, 3.05) is 30.5 Å². The number of aliphatic hydroxyl groups is 2. The number of hydrogen-bond donors (Lipinski definition) is 4. The Morgan fingerprint density at radius 2 is 2.25 bits per heavy atom. The molecule has 1 amide bonds. The molecule has 0 saturated heterocycles. The molecule has 0 saturated carbocycles. The molecule has 1 aromatic rings. The number of aliphatic hydroxyl groups excluding tert-OH is 2. The van der Waals surface area contributed by atoms with Gasteiger partial charge in [0, 0.05) is 11.8 Å². The van der Waals surface area contributed by atoms with Crippen LogP contribution in [0, 0.1) is 0 Å². The van der Waals surface area contributed by atoms with Crippen molar-refractivity contribution in [1.29, 1.82) is 0 Å². The highest BCUT2D eigenvalue weighted by Gasteiger charge is 2.16. The Morgan fingerprint density at radius 3 is 2.80 bits per heavy atom. The summed E-state index contributed by atoms with van der Waals surface area (Å²) < 4.78 is 5.03. The second-order valence-corrected chi connectivity index (χ2v) is 5.63. The molecule has 2 unspecified atom stereocenters. The van der Waals surface area contributed by atoms with Gasteiger partial charge >= 0.3 is 0 Å². The summed E-state index contributed by atoms with van der Waals surface area (Å²) in [5.74, 6) is 0.703. The number of thioether (sulfide) groups is 1. The fraction of sp³-hybridized carbons (Fsp3) is 0.462. The van der Waals surface area contributed by atoms with Crippen molar-refractivity contribution in [3.63, 3.8) is 0 Å². The lowest BCUT2D eigenvalue weighted by Gasteiger charge is -2.15. The molecule has 0 bridgehead atoms. The van der Waals surface area contributed by atoms with E-state index in [9.17, 15) is 9.90 Å². The summed E-state index contributed by atoms with van der Waals surface area (Å²) in [6.07, 6.45) is -0.818. The Bertz CT molecular complexity index is 456. The average Bonchev–Trinajstić information content (AvgIpc) is 2.46. The predicted octanol–water partition coefficient (Wildman–Crippen LogP) is 0.691. The van der Waals surface area contributed by atoms with Crippen molar-refractivity contribution >= 4 is 29.0 Å². The van der Waals surface area contributed by atoms with Gasteiger partial charge in [0.25, 0.3) is 0 Å². The molecule has 0 heterocycles. The molecule has 0 fully saturated rings. The quantitative estimate of drug-likeness (QED) is 0.552. The molecule has 1 aromatic carbocycles. The molecule has 1 rings (SSSR count). The molecule has 20 heavy (non-hydrogen) atoms. The van der Waals surface area contributed by atoms with Gasteiger partial charge in [0.05, 0.1) is 36.4 Å². The third kappa shape index (κ3) is 4.92. The summed E-state index contributed by atoms with van der Waals surface area (Å²) in [5.41, 5.74) is 6.76. The molecule has 0 aliphatic heterocycles. The minimum Gasteiger partial charge on any atom is -0.497 e. The first-order valence-electron chi connectivity index (χ1n) is 6.12. The summed E-state index contributed by atoms with van der Waals surface area (Å²) in [6.45, 7) is 1.41. The van der Waals surface area contributed by atoms with Crippen molar-refractivity contribution < 1.29 is 19.7 Å². The summed E-state index contributed by atoms with van der Waals surface area (Å²) in [7, 11) is 1.54. The van der Waals surface area contributed by atoms with E-state index in [1.807, 2.05) is 0 Å². The highest BCUT2D eigenvalue weighted by Crippen LogP contribution is 2.25. The Labute approximate surface area is 122 Å². The first kappa shape index (κ1) is 16.6. The number of carbonyl (C=O) groups is 1. The normalized spacial score (nSPS) is 13.6. The van der Waals surface area contributed by atoms with E-state index in [4.69, 9.17) is 15.6 Å². The van der Waals surface area contributed by atoms with E-state index < -0.39 is 6.10 Å². The van der Waals surface area contributed by atoms with Crippen LogP contribution in [-0.4, -0.2) is 46.9 Å². The van der Waals surface area contributed by atoms with E-state index in [-0.39, 0.29) is 17.8 Å². The fourth-order valence-electron chi connectivity index (χ4n) is 1.40. The number of nitrogens with one attached hydrogen (secondary N) is 1. The zero-order valence-corrected chi connectivity index (χ0v) is 12.3. The second-order valence-electron chi connectivity index (χ2n) is 4.25. The number of hydrogen-bond acceptors (Lipinski definition) is 6.